The van der Waals surface area contributed by atoms with Crippen LogP contribution >= 0.6 is 0 Å². The Morgan fingerprint density at radius 2 is 2.00 bits per heavy atom. The molecule has 88 valence electrons. The first-order valence-corrected chi connectivity index (χ1v) is 6.12. The summed E-state index contributed by atoms with van der Waals surface area (Å²) >= 11 is 0. The summed E-state index contributed by atoms with van der Waals surface area (Å²) in [6.07, 6.45) is 3.95. The van der Waals surface area contributed by atoms with Crippen LogP contribution in [0.15, 0.2) is 12.2 Å². The van der Waals surface area contributed by atoms with Gasteiger partial charge in [0.2, 0.25) is 0 Å². The maximum absolute atomic E-state index is 3.98. The SMILES string of the molecule is C=C(C)CN(C)CC1(CC)CCNCC1. The van der Waals surface area contributed by atoms with E-state index in [4.69, 9.17) is 0 Å². The summed E-state index contributed by atoms with van der Waals surface area (Å²) in [5.74, 6) is 0. The highest BCUT2D eigenvalue weighted by Crippen LogP contribution is 2.33. The fourth-order valence-electron chi connectivity index (χ4n) is 2.67. The molecule has 0 radical (unpaired) electrons. The lowest BCUT2D eigenvalue weighted by Crippen LogP contribution is -2.43. The number of piperidine rings is 1. The molecule has 2 heteroatoms. The molecule has 1 N–H and O–H groups in total. The zero-order chi connectivity index (χ0) is 11.3. The van der Waals surface area contributed by atoms with Gasteiger partial charge in [-0.3, -0.25) is 0 Å². The molecule has 0 aliphatic carbocycles. The van der Waals surface area contributed by atoms with Gasteiger partial charge in [-0.1, -0.05) is 19.1 Å². The van der Waals surface area contributed by atoms with Crippen molar-refractivity contribution in [2.24, 2.45) is 5.41 Å². The number of hydrogen-bond acceptors (Lipinski definition) is 2. The van der Waals surface area contributed by atoms with E-state index in [0.29, 0.717) is 5.41 Å². The second-order valence-electron chi connectivity index (χ2n) is 5.23. The Labute approximate surface area is 94.7 Å². The second-order valence-corrected chi connectivity index (χ2v) is 5.23. The predicted molar refractivity (Wildman–Crippen MR) is 67.1 cm³/mol. The lowest BCUT2D eigenvalue weighted by Gasteiger charge is -2.40. The number of rotatable bonds is 5. The third-order valence-corrected chi connectivity index (χ3v) is 3.56. The second kappa shape index (κ2) is 5.66. The maximum atomic E-state index is 3.98. The van der Waals surface area contributed by atoms with Crippen LogP contribution < -0.4 is 5.32 Å². The molecule has 15 heavy (non-hydrogen) atoms. The third-order valence-electron chi connectivity index (χ3n) is 3.56. The summed E-state index contributed by atoms with van der Waals surface area (Å²) in [6, 6.07) is 0. The van der Waals surface area contributed by atoms with Crippen LogP contribution in [0.4, 0.5) is 0 Å². The summed E-state index contributed by atoms with van der Waals surface area (Å²) < 4.78 is 0. The van der Waals surface area contributed by atoms with Gasteiger partial charge in [0.15, 0.2) is 0 Å². The molecule has 0 amide bonds. The van der Waals surface area contributed by atoms with Crippen molar-refractivity contribution in [3.8, 4) is 0 Å². The molecule has 1 saturated heterocycles. The fourth-order valence-corrected chi connectivity index (χ4v) is 2.67. The molecular formula is C13H26N2. The van der Waals surface area contributed by atoms with Crippen LogP contribution in [0.3, 0.4) is 0 Å². The highest BCUT2D eigenvalue weighted by Gasteiger charge is 2.30. The topological polar surface area (TPSA) is 15.3 Å². The first-order chi connectivity index (χ1) is 7.08. The molecular weight excluding hydrogens is 184 g/mol. The molecule has 1 rings (SSSR count). The molecule has 0 atom stereocenters. The Morgan fingerprint density at radius 1 is 1.40 bits per heavy atom. The van der Waals surface area contributed by atoms with Gasteiger partial charge in [0.1, 0.15) is 0 Å². The zero-order valence-corrected chi connectivity index (χ0v) is 10.6. The smallest absolute Gasteiger partial charge is 0.0184 e. The summed E-state index contributed by atoms with van der Waals surface area (Å²) in [7, 11) is 2.22. The van der Waals surface area contributed by atoms with Gasteiger partial charge in [0.25, 0.3) is 0 Å². The largest absolute Gasteiger partial charge is 0.317 e. The van der Waals surface area contributed by atoms with Crippen LogP contribution in [0.25, 0.3) is 0 Å². The van der Waals surface area contributed by atoms with Gasteiger partial charge in [0.05, 0.1) is 0 Å². The Kier molecular flexibility index (Phi) is 4.81. The van der Waals surface area contributed by atoms with E-state index in [0.717, 1.165) is 6.54 Å². The van der Waals surface area contributed by atoms with Gasteiger partial charge in [-0.05, 0) is 51.7 Å². The lowest BCUT2D eigenvalue weighted by molar-refractivity contribution is 0.128. The van der Waals surface area contributed by atoms with Crippen molar-refractivity contribution < 1.29 is 0 Å². The quantitative estimate of drug-likeness (QED) is 0.700. The molecule has 0 saturated carbocycles. The summed E-state index contributed by atoms with van der Waals surface area (Å²) in [6.45, 7) is 13.1. The van der Waals surface area contributed by atoms with E-state index < -0.39 is 0 Å². The zero-order valence-electron chi connectivity index (χ0n) is 10.6. The number of nitrogens with one attached hydrogen (secondary N) is 1. The van der Waals surface area contributed by atoms with E-state index in [2.05, 4.69) is 37.7 Å². The Bertz CT molecular complexity index is 205. The van der Waals surface area contributed by atoms with E-state index in [1.807, 2.05) is 0 Å². The normalized spacial score (nSPS) is 20.5. The average molecular weight is 210 g/mol. The van der Waals surface area contributed by atoms with Crippen LogP contribution in [-0.4, -0.2) is 38.1 Å². The highest BCUT2D eigenvalue weighted by atomic mass is 15.1. The van der Waals surface area contributed by atoms with Crippen molar-refractivity contribution in [1.82, 2.24) is 10.2 Å². The molecule has 1 heterocycles. The molecule has 0 unspecified atom stereocenters. The maximum Gasteiger partial charge on any atom is 0.0184 e. The summed E-state index contributed by atoms with van der Waals surface area (Å²) in [4.78, 5) is 2.43. The van der Waals surface area contributed by atoms with Crippen molar-refractivity contribution in [3.05, 3.63) is 12.2 Å². The Balaban J connectivity index is 2.47. The predicted octanol–water partition coefficient (Wildman–Crippen LogP) is 2.27. The molecule has 0 bridgehead atoms. The van der Waals surface area contributed by atoms with Crippen molar-refractivity contribution in [2.45, 2.75) is 33.1 Å². The Hall–Kier alpha value is -0.340. The Morgan fingerprint density at radius 3 is 2.47 bits per heavy atom. The first-order valence-electron chi connectivity index (χ1n) is 6.12. The molecule has 0 spiro atoms. The van der Waals surface area contributed by atoms with Crippen molar-refractivity contribution in [2.75, 3.05) is 33.2 Å². The van der Waals surface area contributed by atoms with Gasteiger partial charge >= 0.3 is 0 Å². The van der Waals surface area contributed by atoms with E-state index in [-0.39, 0.29) is 0 Å². The van der Waals surface area contributed by atoms with Crippen molar-refractivity contribution in [3.63, 3.8) is 0 Å². The van der Waals surface area contributed by atoms with E-state index in [1.54, 1.807) is 0 Å². The van der Waals surface area contributed by atoms with Crippen LogP contribution in [-0.2, 0) is 0 Å². The van der Waals surface area contributed by atoms with E-state index in [9.17, 15) is 0 Å². The monoisotopic (exact) mass is 210 g/mol. The summed E-state index contributed by atoms with van der Waals surface area (Å²) in [5.41, 5.74) is 1.81. The van der Waals surface area contributed by atoms with Crippen molar-refractivity contribution in [1.29, 1.82) is 0 Å². The summed E-state index contributed by atoms with van der Waals surface area (Å²) in [5, 5.41) is 3.45. The molecule has 0 aromatic carbocycles. The average Bonchev–Trinajstić information content (AvgIpc) is 2.17. The number of hydrogen-bond donors (Lipinski definition) is 1. The van der Waals surface area contributed by atoms with Gasteiger partial charge in [0, 0.05) is 13.1 Å². The minimum absolute atomic E-state index is 0.551. The molecule has 2 nitrogen and oxygen atoms in total. The fraction of sp³-hybridized carbons (Fsp3) is 0.846. The van der Waals surface area contributed by atoms with Gasteiger partial charge < -0.3 is 10.2 Å². The molecule has 1 fully saturated rings. The standard InChI is InChI=1S/C13H26N2/c1-5-13(6-8-14-9-7-13)11-15(4)10-12(2)3/h14H,2,5-11H2,1,3-4H3. The molecule has 1 aliphatic rings. The lowest BCUT2D eigenvalue weighted by atomic mass is 9.76. The molecule has 1 aliphatic heterocycles. The number of nitrogens with zero attached hydrogens (tertiary/aromatic N) is 1. The number of likely N-dealkylation sites (N-methyl/N-ethyl adjacent to an activating group) is 1. The molecule has 0 aromatic rings. The van der Waals surface area contributed by atoms with Crippen LogP contribution in [0, 0.1) is 5.41 Å². The van der Waals surface area contributed by atoms with Crippen LogP contribution in [0.2, 0.25) is 0 Å². The van der Waals surface area contributed by atoms with Gasteiger partial charge in [-0.15, -0.1) is 0 Å². The molecule has 0 aromatic heterocycles. The highest BCUT2D eigenvalue weighted by molar-refractivity contribution is 4.93. The van der Waals surface area contributed by atoms with Gasteiger partial charge in [-0.25, -0.2) is 0 Å². The van der Waals surface area contributed by atoms with Crippen LogP contribution in [0.1, 0.15) is 33.1 Å². The van der Waals surface area contributed by atoms with Crippen LogP contribution in [0.5, 0.6) is 0 Å². The first kappa shape index (κ1) is 12.7. The van der Waals surface area contributed by atoms with E-state index in [1.165, 1.54) is 44.5 Å². The van der Waals surface area contributed by atoms with Gasteiger partial charge in [-0.2, -0.15) is 0 Å². The van der Waals surface area contributed by atoms with Crippen molar-refractivity contribution >= 4 is 0 Å². The third kappa shape index (κ3) is 3.96. The van der Waals surface area contributed by atoms with E-state index >= 15 is 0 Å². The minimum atomic E-state index is 0.551. The minimum Gasteiger partial charge on any atom is -0.317 e.